The van der Waals surface area contributed by atoms with Crippen molar-refractivity contribution < 1.29 is 208 Å². The van der Waals surface area contributed by atoms with Crippen LogP contribution in [0.3, 0.4) is 0 Å². The first kappa shape index (κ1) is 88.1. The topological polar surface area (TPSA) is 728 Å². The predicted molar refractivity (Wildman–Crippen MR) is 327 cm³/mol. The number of rotatable bonds is 31. The van der Waals surface area contributed by atoms with Crippen molar-refractivity contribution in [1.82, 2.24) is 21.3 Å². The summed E-state index contributed by atoms with van der Waals surface area (Å²) in [5, 5.41) is 262. The van der Waals surface area contributed by atoms with Crippen LogP contribution in [-0.2, 0) is 90.3 Å². The Kier molecular flexibility index (Phi) is 32.1. The van der Waals surface area contributed by atoms with Gasteiger partial charge in [-0.2, -0.15) is 0 Å². The molecule has 0 unspecified atom stereocenters. The molecule has 0 aromatic heterocycles. The first-order chi connectivity index (χ1) is 49.3. The summed E-state index contributed by atoms with van der Waals surface area (Å²) in [6, 6.07) is -7.51. The Hall–Kier alpha value is -4.09. The van der Waals surface area contributed by atoms with Crippen molar-refractivity contribution in [2.75, 3.05) is 46.2 Å². The van der Waals surface area contributed by atoms with Gasteiger partial charge in [-0.3, -0.25) is 19.2 Å². The second-order valence-electron chi connectivity index (χ2n) is 26.5. The molecule has 7 fully saturated rings. The van der Waals surface area contributed by atoms with Gasteiger partial charge in [0.1, 0.15) is 171 Å². The maximum Gasteiger partial charge on any atom is 0.364 e. The molecule has 0 radical (unpaired) electrons. The van der Waals surface area contributed by atoms with Crippen molar-refractivity contribution in [3.63, 3.8) is 0 Å². The van der Waals surface area contributed by atoms with Crippen molar-refractivity contribution in [3.05, 3.63) is 0 Å². The van der Waals surface area contributed by atoms with E-state index in [1.807, 2.05) is 0 Å². The highest BCUT2D eigenvalue weighted by Crippen LogP contribution is 2.41. The van der Waals surface area contributed by atoms with Crippen LogP contribution < -0.4 is 21.3 Å². The van der Waals surface area contributed by atoms with E-state index in [4.69, 9.17) is 66.3 Å². The summed E-state index contributed by atoms with van der Waals surface area (Å²) in [6.07, 6.45) is -73.3. The molecule has 7 rings (SSSR count). The molecule has 7 aliphatic rings. The lowest BCUT2D eigenvalue weighted by molar-refractivity contribution is -0.395. The number of amides is 4. The number of carboxylic acids is 1. The number of aliphatic carboxylic acids is 1. The van der Waals surface area contributed by atoms with Crippen LogP contribution in [0.25, 0.3) is 0 Å². The summed E-state index contributed by atoms with van der Waals surface area (Å²) >= 11 is 0. The normalized spacial score (nSPS) is 44.4. The molecule has 105 heavy (non-hydrogen) atoms. The summed E-state index contributed by atoms with van der Waals surface area (Å²) in [5.74, 6) is -9.11. The van der Waals surface area contributed by atoms with E-state index in [9.17, 15) is 141 Å². The van der Waals surface area contributed by atoms with E-state index in [-0.39, 0.29) is 0 Å². The smallest absolute Gasteiger partial charge is 0.364 e. The molecule has 46 nitrogen and oxygen atoms in total. The molecule has 7 saturated heterocycles. The van der Waals surface area contributed by atoms with Crippen LogP contribution in [0.15, 0.2) is 0 Å². The first-order valence-electron chi connectivity index (χ1n) is 33.4. The fraction of sp³-hybridized carbons (Fsp3) is 0.915. The summed E-state index contributed by atoms with van der Waals surface area (Å²) in [7, 11) is 0. The average Bonchev–Trinajstić information content (AvgIpc) is 0.761. The number of aliphatic hydroxyl groups is 22. The minimum Gasteiger partial charge on any atom is -0.477 e. The van der Waals surface area contributed by atoms with Gasteiger partial charge in [0.05, 0.1) is 76.6 Å². The third-order valence-electron chi connectivity index (χ3n) is 18.8. The lowest BCUT2D eigenvalue weighted by Crippen LogP contribution is -2.71. The van der Waals surface area contributed by atoms with Crippen LogP contribution in [0, 0.1) is 0 Å². The quantitative estimate of drug-likeness (QED) is 0.0306. The second-order valence-corrected chi connectivity index (χ2v) is 26.5. The molecular formula is C59H100N4O42. The third kappa shape index (κ3) is 20.2. The van der Waals surface area contributed by atoms with E-state index in [2.05, 4.69) is 21.3 Å². The first-order valence-corrected chi connectivity index (χ1v) is 33.4. The summed E-state index contributed by atoms with van der Waals surface area (Å²) in [5.41, 5.74) is 0. The Labute approximate surface area is 596 Å². The van der Waals surface area contributed by atoms with Crippen molar-refractivity contribution in [2.24, 2.45) is 0 Å². The van der Waals surface area contributed by atoms with Crippen molar-refractivity contribution in [3.8, 4) is 0 Å². The molecule has 46 heteroatoms. The van der Waals surface area contributed by atoms with E-state index in [0.29, 0.717) is 0 Å². The Morgan fingerprint density at radius 3 is 1.43 bits per heavy atom. The highest BCUT2D eigenvalue weighted by molar-refractivity contribution is 5.77. The monoisotopic (exact) mass is 1540 g/mol. The maximum atomic E-state index is 13.4. The number of hydrogen-bond acceptors (Lipinski definition) is 41. The molecule has 7 heterocycles. The minimum atomic E-state index is -3.25. The molecule has 608 valence electrons. The van der Waals surface area contributed by atoms with E-state index in [1.165, 1.54) is 13.8 Å². The second kappa shape index (κ2) is 38.2. The minimum absolute atomic E-state index is 0.853. The molecule has 7 aliphatic heterocycles. The summed E-state index contributed by atoms with van der Waals surface area (Å²) < 4.78 is 82.7. The Morgan fingerprint density at radius 2 is 0.914 bits per heavy atom. The molecule has 0 aliphatic carbocycles. The molecule has 0 aromatic rings. The summed E-state index contributed by atoms with van der Waals surface area (Å²) in [6.45, 7) is -1.94. The average molecular weight is 1540 g/mol. The Bertz CT molecular complexity index is 2780. The fourth-order valence-corrected chi connectivity index (χ4v) is 13.2. The fourth-order valence-electron chi connectivity index (χ4n) is 13.2. The van der Waals surface area contributed by atoms with Crippen molar-refractivity contribution in [2.45, 2.75) is 293 Å². The SMILES string of the molecule is CC(=O)N[C@H]1[C@H](OC[C@@H](O)[C@H](O)[C@H](O[C@@H]2O[C@H](CO)[C@@H](O[C@@H]3O[C@H](CO)[C@H](O)[C@H](O)[C@H]3O[C@@H]3O[C@@H](C)[C@@H](O)[C@@H](O)[C@@H]3O)[C@H](O[C@@H]3O[C@@H](C)[C@@H](O)[C@@H](O)[C@@H]3O)[C@H]2NC(C)=O)[C@H](CO)NC(C)=O)O[C@H](CO)[C@@H](O[C@@H]2O[C@H](CO)[C@H](O)[C@H](O[C@]3(C(=O)O)C[C@H](O)[C@@H](NC(C)=O)[C@H]([C@H](O)[C@H](O)CO)O3)[C@H]2O)[C@@H]1O. The van der Waals surface area contributed by atoms with Crippen LogP contribution in [0.5, 0.6) is 0 Å². The Morgan fingerprint density at radius 1 is 0.448 bits per heavy atom. The number of carboxylic acid groups (broad SMARTS) is 1. The van der Waals surface area contributed by atoms with Gasteiger partial charge in [0, 0.05) is 34.1 Å². The molecule has 0 spiro atoms. The van der Waals surface area contributed by atoms with Crippen LogP contribution in [0.2, 0.25) is 0 Å². The number of carbonyl (C=O) groups is 5. The van der Waals surface area contributed by atoms with Crippen LogP contribution in [0.1, 0.15) is 48.0 Å². The number of carbonyl (C=O) groups excluding carboxylic acids is 4. The van der Waals surface area contributed by atoms with Gasteiger partial charge in [-0.15, -0.1) is 0 Å². The van der Waals surface area contributed by atoms with Gasteiger partial charge in [-0.1, -0.05) is 0 Å². The zero-order valence-corrected chi connectivity index (χ0v) is 57.2. The molecule has 0 aromatic carbocycles. The van der Waals surface area contributed by atoms with Crippen LogP contribution in [-0.4, -0.2) is 438 Å². The highest BCUT2D eigenvalue weighted by atomic mass is 16.8. The zero-order valence-electron chi connectivity index (χ0n) is 57.2. The van der Waals surface area contributed by atoms with Crippen molar-refractivity contribution in [1.29, 1.82) is 0 Å². The largest absolute Gasteiger partial charge is 0.477 e. The highest BCUT2D eigenvalue weighted by Gasteiger charge is 2.62. The third-order valence-corrected chi connectivity index (χ3v) is 18.8. The molecule has 0 bridgehead atoms. The molecule has 0 saturated carbocycles. The number of ether oxygens (including phenoxy) is 14. The lowest BCUT2D eigenvalue weighted by Gasteiger charge is -2.51. The van der Waals surface area contributed by atoms with Gasteiger partial charge in [0.25, 0.3) is 5.79 Å². The van der Waals surface area contributed by atoms with E-state index >= 15 is 0 Å². The molecule has 4 amide bonds. The van der Waals surface area contributed by atoms with E-state index in [1.54, 1.807) is 0 Å². The molecule has 40 atom stereocenters. The van der Waals surface area contributed by atoms with Gasteiger partial charge in [-0.25, -0.2) is 4.79 Å². The van der Waals surface area contributed by atoms with E-state index < -0.39 is 327 Å². The zero-order chi connectivity index (χ0) is 78.3. The predicted octanol–water partition coefficient (Wildman–Crippen LogP) is -17.0. The van der Waals surface area contributed by atoms with Gasteiger partial charge in [0.15, 0.2) is 37.7 Å². The van der Waals surface area contributed by atoms with Crippen LogP contribution in [0.4, 0.5) is 0 Å². The lowest BCUT2D eigenvalue weighted by atomic mass is 9.88. The number of nitrogens with one attached hydrogen (secondary N) is 4. The Balaban J connectivity index is 1.17. The van der Waals surface area contributed by atoms with Crippen LogP contribution >= 0.6 is 0 Å². The number of aliphatic hydroxyl groups excluding tert-OH is 22. The summed E-state index contributed by atoms with van der Waals surface area (Å²) in [4.78, 5) is 64.4. The van der Waals surface area contributed by atoms with Gasteiger partial charge < -0.3 is 205 Å². The maximum absolute atomic E-state index is 13.4. The van der Waals surface area contributed by atoms with Crippen molar-refractivity contribution >= 4 is 29.6 Å². The number of hydrogen-bond donors (Lipinski definition) is 27. The standard InChI is InChI=1S/C59H100N4O42/c1-15-32(77)39(84)42(87)54(93-15)102-49-31(63-20(6)73)53(98-28(13-69)47(49)101-57-51(41(86)36(81)25(10-66)96-57)103-55-43(88)40(85)33(78)16(2)94-55)99-45(21(8-64)60-17(3)70)35(80)24(76)14-92-52-30(62-19(5)72)38(83)46(27(12-68)97-52)100-56-44(89)50(37(82)26(11-67)95-56)105-59(58(90)91)7-22(74)29(61-18(4)71)48(104-59)34(79)23(75)9-65/h15-16,21-57,64-69,74-89H,7-14H2,1-6H3,(H,60,70)(H,61,71)(H,62,72)(H,63,73)(H,90,91)/t15-,16-,21-,22-,23+,24+,25+,26+,27+,28+,29+,30+,31+,32+,33+,34+,35-,36-,37-,38+,39+,40+,41-,42-,43-,44+,45+,46+,47+,48+,49+,50-,51+,52+,53-,54-,55-,56-,57-,59-/m0/s1. The van der Waals surface area contributed by atoms with Gasteiger partial charge >= 0.3 is 5.97 Å². The molecule has 27 N–H and O–H groups in total. The van der Waals surface area contributed by atoms with Gasteiger partial charge in [-0.05, 0) is 13.8 Å². The van der Waals surface area contributed by atoms with E-state index in [0.717, 1.165) is 27.7 Å². The van der Waals surface area contributed by atoms with Gasteiger partial charge in [0.2, 0.25) is 23.6 Å². The molecular weight excluding hydrogens is 1440 g/mol.